The van der Waals surface area contributed by atoms with E-state index in [0.29, 0.717) is 45.9 Å². The summed E-state index contributed by atoms with van der Waals surface area (Å²) in [6.07, 6.45) is 2.83. The van der Waals surface area contributed by atoms with Crippen molar-refractivity contribution in [2.24, 2.45) is 5.92 Å². The molecule has 0 bridgehead atoms. The van der Waals surface area contributed by atoms with Gasteiger partial charge in [0.05, 0.1) is 25.9 Å². The van der Waals surface area contributed by atoms with Crippen LogP contribution in [0.1, 0.15) is 24.6 Å². The van der Waals surface area contributed by atoms with Gasteiger partial charge < -0.3 is 14.8 Å². The molecule has 4 rings (SSSR count). The van der Waals surface area contributed by atoms with E-state index < -0.39 is 21.5 Å². The number of benzene rings is 1. The molecular weight excluding hydrogens is 492 g/mol. The monoisotopic (exact) mass is 520 g/mol. The highest BCUT2D eigenvalue weighted by Crippen LogP contribution is 2.34. The molecule has 0 radical (unpaired) electrons. The number of methoxy groups -OCH3 is 2. The first-order chi connectivity index (χ1) is 16.6. The van der Waals surface area contributed by atoms with Crippen LogP contribution in [0, 0.1) is 12.8 Å². The largest absolute Gasteiger partial charge is 0.493 e. The van der Waals surface area contributed by atoms with Crippen LogP contribution in [0.25, 0.3) is 10.2 Å². The maximum absolute atomic E-state index is 13.5. The molecule has 10 nitrogen and oxygen atoms in total. The van der Waals surface area contributed by atoms with Gasteiger partial charge in [-0.25, -0.2) is 13.4 Å². The van der Waals surface area contributed by atoms with Crippen molar-refractivity contribution >= 4 is 43.2 Å². The van der Waals surface area contributed by atoms with Gasteiger partial charge in [0, 0.05) is 29.7 Å². The molecule has 1 saturated heterocycles. The van der Waals surface area contributed by atoms with Crippen molar-refractivity contribution in [3.63, 3.8) is 0 Å². The normalized spacial score (nSPS) is 15.3. The van der Waals surface area contributed by atoms with Crippen molar-refractivity contribution in [2.45, 2.75) is 38.1 Å². The topological polar surface area (TPSA) is 120 Å². The molecule has 1 fully saturated rings. The number of hydrogen-bond acceptors (Lipinski definition) is 8. The highest BCUT2D eigenvalue weighted by atomic mass is 32.2. The fourth-order valence-corrected chi connectivity index (χ4v) is 7.30. The van der Waals surface area contributed by atoms with Crippen LogP contribution in [0.2, 0.25) is 0 Å². The van der Waals surface area contributed by atoms with E-state index >= 15 is 0 Å². The second-order valence-corrected chi connectivity index (χ2v) is 11.6. The van der Waals surface area contributed by atoms with E-state index in [9.17, 15) is 18.0 Å². The van der Waals surface area contributed by atoms with E-state index in [0.717, 1.165) is 17.4 Å². The fourth-order valence-electron chi connectivity index (χ4n) is 4.16. The number of hydrogen-bond donors (Lipinski definition) is 1. The van der Waals surface area contributed by atoms with Gasteiger partial charge in [0.2, 0.25) is 15.9 Å². The Hall–Kier alpha value is -2.96. The van der Waals surface area contributed by atoms with Gasteiger partial charge >= 0.3 is 0 Å². The van der Waals surface area contributed by atoms with Crippen molar-refractivity contribution in [2.75, 3.05) is 32.6 Å². The van der Waals surface area contributed by atoms with Gasteiger partial charge in [0.25, 0.3) is 5.56 Å². The summed E-state index contributed by atoms with van der Waals surface area (Å²) in [7, 11) is -0.865. The SMILES string of the molecule is COc1ccc(NC(=O)Cn2cnc3sc(C)c(S(=O)(=O)N4CCC(C)CC4)c3c2=O)cc1OC. The van der Waals surface area contributed by atoms with Gasteiger partial charge in [-0.1, -0.05) is 6.92 Å². The van der Waals surface area contributed by atoms with Crippen molar-refractivity contribution in [1.82, 2.24) is 13.9 Å². The molecule has 35 heavy (non-hydrogen) atoms. The molecule has 0 unspecified atom stereocenters. The molecule has 1 amide bonds. The van der Waals surface area contributed by atoms with Crippen LogP contribution in [0.4, 0.5) is 5.69 Å². The third-order valence-electron chi connectivity index (χ3n) is 6.12. The van der Waals surface area contributed by atoms with Crippen LogP contribution in [0.5, 0.6) is 11.5 Å². The van der Waals surface area contributed by atoms with E-state index in [1.165, 1.54) is 36.2 Å². The predicted octanol–water partition coefficient (Wildman–Crippen LogP) is 2.84. The third kappa shape index (κ3) is 4.91. The Bertz CT molecular complexity index is 1420. The molecule has 0 atom stereocenters. The Morgan fingerprint density at radius 1 is 1.20 bits per heavy atom. The minimum absolute atomic E-state index is 0.000739. The number of aromatic nitrogens is 2. The van der Waals surface area contributed by atoms with Gasteiger partial charge in [-0.3, -0.25) is 14.2 Å². The van der Waals surface area contributed by atoms with E-state index in [1.807, 2.05) is 0 Å². The van der Waals surface area contributed by atoms with Crippen LogP contribution in [0.15, 0.2) is 34.2 Å². The van der Waals surface area contributed by atoms with Crippen molar-refractivity contribution < 1.29 is 22.7 Å². The summed E-state index contributed by atoms with van der Waals surface area (Å²) in [4.78, 5) is 31.2. The molecule has 1 N–H and O–H groups in total. The maximum Gasteiger partial charge on any atom is 0.263 e. The molecule has 3 aromatic rings. The zero-order valence-corrected chi connectivity index (χ0v) is 21.7. The van der Waals surface area contributed by atoms with Gasteiger partial charge in [0.1, 0.15) is 16.3 Å². The van der Waals surface area contributed by atoms with E-state index in [-0.39, 0.29) is 16.8 Å². The molecule has 12 heteroatoms. The van der Waals surface area contributed by atoms with Gasteiger partial charge in [-0.05, 0) is 37.8 Å². The highest BCUT2D eigenvalue weighted by Gasteiger charge is 2.33. The third-order valence-corrected chi connectivity index (χ3v) is 9.33. The number of sulfonamides is 1. The summed E-state index contributed by atoms with van der Waals surface area (Å²) in [5.41, 5.74) is -0.102. The van der Waals surface area contributed by atoms with Crippen LogP contribution in [-0.4, -0.2) is 55.5 Å². The molecule has 1 aromatic carbocycles. The quantitative estimate of drug-likeness (QED) is 0.509. The number of nitrogens with one attached hydrogen (secondary N) is 1. The zero-order valence-electron chi connectivity index (χ0n) is 20.0. The smallest absolute Gasteiger partial charge is 0.263 e. The lowest BCUT2D eigenvalue weighted by Gasteiger charge is -2.29. The van der Waals surface area contributed by atoms with E-state index in [2.05, 4.69) is 17.2 Å². The number of rotatable bonds is 7. The fraction of sp³-hybridized carbons (Fsp3) is 0.435. The Balaban J connectivity index is 1.64. The van der Waals surface area contributed by atoms with Gasteiger partial charge in [-0.15, -0.1) is 11.3 Å². The Labute approximate surface area is 207 Å². The summed E-state index contributed by atoms with van der Waals surface area (Å²) in [6.45, 7) is 4.29. The average molecular weight is 521 g/mol. The second-order valence-electron chi connectivity index (χ2n) is 8.55. The number of nitrogens with zero attached hydrogens (tertiary/aromatic N) is 3. The standard InChI is InChI=1S/C23H28N4O6S2/c1-14-7-9-27(10-8-14)35(30,31)21-15(2)34-22-20(21)23(29)26(13-24-22)12-19(28)25-16-5-6-17(32-3)18(11-16)33-4/h5-6,11,13-14H,7-10,12H2,1-4H3,(H,25,28). The minimum atomic E-state index is -3.87. The predicted molar refractivity (Wildman–Crippen MR) is 134 cm³/mol. The van der Waals surface area contributed by atoms with Gasteiger partial charge in [-0.2, -0.15) is 4.31 Å². The summed E-state index contributed by atoms with van der Waals surface area (Å²) in [6, 6.07) is 4.91. The van der Waals surface area contributed by atoms with Crippen LogP contribution >= 0.6 is 11.3 Å². The molecule has 1 aliphatic heterocycles. The highest BCUT2D eigenvalue weighted by molar-refractivity contribution is 7.89. The Kier molecular flexibility index (Phi) is 7.15. The average Bonchev–Trinajstić information content (AvgIpc) is 3.18. The van der Waals surface area contributed by atoms with Crippen molar-refractivity contribution in [3.05, 3.63) is 39.8 Å². The Morgan fingerprint density at radius 3 is 2.54 bits per heavy atom. The van der Waals surface area contributed by atoms with Crippen LogP contribution in [0.3, 0.4) is 0 Å². The molecule has 1 aliphatic rings. The zero-order chi connectivity index (χ0) is 25.3. The van der Waals surface area contributed by atoms with Crippen LogP contribution < -0.4 is 20.3 Å². The number of ether oxygens (including phenoxy) is 2. The lowest BCUT2D eigenvalue weighted by Crippen LogP contribution is -2.38. The number of carbonyl (C=O) groups is 1. The van der Waals surface area contributed by atoms with Crippen molar-refractivity contribution in [3.8, 4) is 11.5 Å². The number of piperidine rings is 1. The van der Waals surface area contributed by atoms with E-state index in [1.54, 1.807) is 25.1 Å². The summed E-state index contributed by atoms with van der Waals surface area (Å²) in [5, 5.41) is 2.75. The number of carbonyl (C=O) groups excluding carboxylic acids is 1. The molecule has 3 heterocycles. The number of amides is 1. The van der Waals surface area contributed by atoms with Crippen LogP contribution in [-0.2, 0) is 21.4 Å². The molecule has 2 aromatic heterocycles. The first-order valence-corrected chi connectivity index (χ1v) is 13.4. The summed E-state index contributed by atoms with van der Waals surface area (Å²) in [5.74, 6) is 0.953. The second kappa shape index (κ2) is 9.96. The summed E-state index contributed by atoms with van der Waals surface area (Å²) >= 11 is 1.17. The number of fused-ring (bicyclic) bond motifs is 1. The number of aryl methyl sites for hydroxylation is 1. The number of thiophene rings is 1. The lowest BCUT2D eigenvalue weighted by molar-refractivity contribution is -0.116. The number of anilines is 1. The lowest BCUT2D eigenvalue weighted by atomic mass is 10.0. The first kappa shape index (κ1) is 25.1. The minimum Gasteiger partial charge on any atom is -0.493 e. The maximum atomic E-state index is 13.5. The summed E-state index contributed by atoms with van der Waals surface area (Å²) < 4.78 is 40.0. The van der Waals surface area contributed by atoms with Gasteiger partial charge in [0.15, 0.2) is 11.5 Å². The molecule has 0 aliphatic carbocycles. The Morgan fingerprint density at radius 2 is 1.89 bits per heavy atom. The molecule has 0 spiro atoms. The van der Waals surface area contributed by atoms with Crippen molar-refractivity contribution in [1.29, 1.82) is 0 Å². The molecular formula is C23H28N4O6S2. The van der Waals surface area contributed by atoms with E-state index in [4.69, 9.17) is 9.47 Å². The first-order valence-electron chi connectivity index (χ1n) is 11.2. The molecule has 0 saturated carbocycles. The molecule has 188 valence electrons.